The molecular weight excluding hydrogens is 576 g/mol. The van der Waals surface area contributed by atoms with Gasteiger partial charge in [-0.1, -0.05) is 25.1 Å². The van der Waals surface area contributed by atoms with Crippen LogP contribution in [0.1, 0.15) is 36.1 Å². The Morgan fingerprint density at radius 1 is 0.867 bits per heavy atom. The number of barbiturate groups is 1. The minimum atomic E-state index is -1.66. The van der Waals surface area contributed by atoms with Crippen molar-refractivity contribution in [2.45, 2.75) is 38.6 Å². The standard InChI is InChI=1S/C34H38N4O7/c1-5-21-9-11-25(12-10-21)38-32(41)34(31(40)35-33(38)42,16-22-14-27(43-2)30(45-4)28(15-22)44-3)20-36-17-23-13-24(19-36)26-7-6-8-29(39)37(26)18-23/h6-12,14-15,23-24H,5,13,16-20H2,1-4H3,(H,35,40,42)/t23-,24+,34?/m1/s1. The molecule has 2 saturated heterocycles. The number of urea groups is 1. The number of hydrogen-bond acceptors (Lipinski definition) is 8. The number of anilines is 1. The van der Waals surface area contributed by atoms with Crippen LogP contribution in [0.25, 0.3) is 0 Å². The fourth-order valence-corrected chi connectivity index (χ4v) is 7.23. The summed E-state index contributed by atoms with van der Waals surface area (Å²) >= 11 is 0. The van der Waals surface area contributed by atoms with E-state index >= 15 is 0 Å². The summed E-state index contributed by atoms with van der Waals surface area (Å²) in [6, 6.07) is 15.2. The van der Waals surface area contributed by atoms with Crippen LogP contribution in [-0.4, -0.2) is 68.3 Å². The predicted octanol–water partition coefficient (Wildman–Crippen LogP) is 3.37. The molecule has 1 unspecified atom stereocenters. The van der Waals surface area contributed by atoms with E-state index in [2.05, 4.69) is 10.2 Å². The summed E-state index contributed by atoms with van der Waals surface area (Å²) in [7, 11) is 4.52. The number of pyridine rings is 1. The number of imide groups is 2. The van der Waals surface area contributed by atoms with Crippen LogP contribution >= 0.6 is 0 Å². The Balaban J connectivity index is 1.42. The second kappa shape index (κ2) is 12.0. The van der Waals surface area contributed by atoms with Crippen molar-refractivity contribution in [3.8, 4) is 17.2 Å². The average Bonchev–Trinajstić information content (AvgIpc) is 3.04. The van der Waals surface area contributed by atoms with Crippen LogP contribution in [0.2, 0.25) is 0 Å². The van der Waals surface area contributed by atoms with Gasteiger partial charge in [-0.05, 0) is 66.6 Å². The number of benzene rings is 2. The van der Waals surface area contributed by atoms with Gasteiger partial charge in [0, 0.05) is 43.9 Å². The van der Waals surface area contributed by atoms with Crippen LogP contribution in [0.5, 0.6) is 17.2 Å². The minimum Gasteiger partial charge on any atom is -0.493 e. The van der Waals surface area contributed by atoms with Gasteiger partial charge < -0.3 is 23.7 Å². The lowest BCUT2D eigenvalue weighted by atomic mass is 9.75. The molecule has 1 aromatic heterocycles. The summed E-state index contributed by atoms with van der Waals surface area (Å²) in [6.45, 7) is 3.86. The average molecular weight is 615 g/mol. The van der Waals surface area contributed by atoms with Gasteiger partial charge in [-0.25, -0.2) is 9.69 Å². The first-order valence-corrected chi connectivity index (χ1v) is 15.2. The van der Waals surface area contributed by atoms with E-state index < -0.39 is 23.3 Å². The Morgan fingerprint density at radius 3 is 2.22 bits per heavy atom. The second-order valence-electron chi connectivity index (χ2n) is 12.1. The topological polar surface area (TPSA) is 119 Å². The lowest BCUT2D eigenvalue weighted by Gasteiger charge is -2.47. The number of aromatic nitrogens is 1. The van der Waals surface area contributed by atoms with Crippen molar-refractivity contribution < 1.29 is 28.6 Å². The van der Waals surface area contributed by atoms with Crippen molar-refractivity contribution >= 4 is 23.5 Å². The molecule has 6 rings (SSSR count). The normalized spacial score (nSPS) is 22.9. The number of likely N-dealkylation sites (tertiary alicyclic amines) is 1. The van der Waals surface area contributed by atoms with Gasteiger partial charge in [-0.3, -0.25) is 19.7 Å². The fraction of sp³-hybridized carbons (Fsp3) is 0.412. The summed E-state index contributed by atoms with van der Waals surface area (Å²) in [6.07, 6.45) is 1.71. The van der Waals surface area contributed by atoms with Gasteiger partial charge in [0.15, 0.2) is 11.5 Å². The van der Waals surface area contributed by atoms with Crippen LogP contribution in [-0.2, 0) is 29.0 Å². The van der Waals surface area contributed by atoms with Crippen LogP contribution in [0.3, 0.4) is 0 Å². The maximum absolute atomic E-state index is 14.7. The molecule has 3 atom stereocenters. The van der Waals surface area contributed by atoms with E-state index in [-0.39, 0.29) is 30.4 Å². The zero-order valence-electron chi connectivity index (χ0n) is 26.0. The van der Waals surface area contributed by atoms with Crippen molar-refractivity contribution in [2.75, 3.05) is 45.9 Å². The van der Waals surface area contributed by atoms with Crippen molar-refractivity contribution in [3.05, 3.63) is 81.8 Å². The molecular formula is C34H38N4O7. The molecule has 3 aromatic rings. The Kier molecular flexibility index (Phi) is 8.13. The van der Waals surface area contributed by atoms with E-state index in [1.165, 1.54) is 21.3 Å². The van der Waals surface area contributed by atoms with Crippen LogP contribution < -0.4 is 30.0 Å². The highest BCUT2D eigenvalue weighted by atomic mass is 16.5. The van der Waals surface area contributed by atoms with Gasteiger partial charge in [0.1, 0.15) is 5.41 Å². The fourth-order valence-electron chi connectivity index (χ4n) is 7.23. The van der Waals surface area contributed by atoms with Crippen molar-refractivity contribution in [1.29, 1.82) is 0 Å². The number of nitrogens with one attached hydrogen (secondary N) is 1. The first kappa shape index (κ1) is 30.4. The molecule has 11 heteroatoms. The molecule has 236 valence electrons. The predicted molar refractivity (Wildman–Crippen MR) is 167 cm³/mol. The molecule has 0 aliphatic carbocycles. The number of piperidine rings is 1. The molecule has 45 heavy (non-hydrogen) atoms. The smallest absolute Gasteiger partial charge is 0.335 e. The molecule has 1 N–H and O–H groups in total. The quantitative estimate of drug-likeness (QED) is 0.365. The molecule has 3 aliphatic heterocycles. The molecule has 0 spiro atoms. The third-order valence-electron chi connectivity index (χ3n) is 9.35. The lowest BCUT2D eigenvalue weighted by molar-refractivity contribution is -0.144. The summed E-state index contributed by atoms with van der Waals surface area (Å²) in [5.74, 6) is 0.178. The number of nitrogens with zero attached hydrogens (tertiary/aromatic N) is 3. The molecule has 0 saturated carbocycles. The number of carbonyl (C=O) groups excluding carboxylic acids is 3. The summed E-state index contributed by atoms with van der Waals surface area (Å²) in [4.78, 5) is 57.9. The van der Waals surface area contributed by atoms with E-state index in [1.807, 2.05) is 29.7 Å². The second-order valence-corrected chi connectivity index (χ2v) is 12.1. The Hall–Kier alpha value is -4.64. The summed E-state index contributed by atoms with van der Waals surface area (Å²) in [5, 5.41) is 2.51. The monoisotopic (exact) mass is 614 g/mol. The van der Waals surface area contributed by atoms with E-state index in [9.17, 15) is 19.2 Å². The van der Waals surface area contributed by atoms with Gasteiger partial charge >= 0.3 is 6.03 Å². The number of carbonyl (C=O) groups is 3. The Morgan fingerprint density at radius 2 is 1.58 bits per heavy atom. The third kappa shape index (κ3) is 5.35. The highest BCUT2D eigenvalue weighted by molar-refractivity contribution is 6.30. The van der Waals surface area contributed by atoms with Crippen LogP contribution in [0.15, 0.2) is 59.4 Å². The van der Waals surface area contributed by atoms with Crippen LogP contribution in [0, 0.1) is 11.3 Å². The van der Waals surface area contributed by atoms with Gasteiger partial charge in [-0.15, -0.1) is 0 Å². The van der Waals surface area contributed by atoms with Gasteiger partial charge in [0.05, 0.1) is 27.0 Å². The molecule has 2 aromatic carbocycles. The Labute approximate surface area is 261 Å². The van der Waals surface area contributed by atoms with Crippen molar-refractivity contribution in [3.63, 3.8) is 0 Å². The van der Waals surface area contributed by atoms with E-state index in [4.69, 9.17) is 14.2 Å². The zero-order valence-corrected chi connectivity index (χ0v) is 26.0. The number of rotatable bonds is 9. The summed E-state index contributed by atoms with van der Waals surface area (Å²) < 4.78 is 18.5. The van der Waals surface area contributed by atoms with E-state index in [0.29, 0.717) is 48.1 Å². The van der Waals surface area contributed by atoms with Gasteiger partial charge in [0.25, 0.3) is 11.5 Å². The molecule has 4 amide bonds. The lowest BCUT2D eigenvalue weighted by Crippen LogP contribution is -2.68. The number of methoxy groups -OCH3 is 3. The molecule has 2 bridgehead atoms. The van der Waals surface area contributed by atoms with Crippen molar-refractivity contribution in [2.24, 2.45) is 11.3 Å². The molecule has 4 heterocycles. The SMILES string of the molecule is CCc1ccc(N2C(=O)NC(=O)C(Cc3cc(OC)c(OC)c(OC)c3)(CN3C[C@H]4C[C@@H](C3)c3cccc(=O)n3C4)C2=O)cc1. The maximum atomic E-state index is 14.7. The minimum absolute atomic E-state index is 0.0143. The maximum Gasteiger partial charge on any atom is 0.335 e. The van der Waals surface area contributed by atoms with Gasteiger partial charge in [0.2, 0.25) is 11.7 Å². The first-order chi connectivity index (χ1) is 21.7. The highest BCUT2D eigenvalue weighted by Gasteiger charge is 2.56. The van der Waals surface area contributed by atoms with Gasteiger partial charge in [-0.2, -0.15) is 0 Å². The first-order valence-electron chi connectivity index (χ1n) is 15.2. The highest BCUT2D eigenvalue weighted by Crippen LogP contribution is 2.43. The number of ether oxygens (including phenoxy) is 3. The molecule has 11 nitrogen and oxygen atoms in total. The number of hydrogen-bond donors (Lipinski definition) is 1. The Bertz CT molecular complexity index is 1680. The molecule has 3 aliphatic rings. The molecule has 2 fully saturated rings. The molecule has 0 radical (unpaired) electrons. The van der Waals surface area contributed by atoms with Crippen LogP contribution in [0.4, 0.5) is 10.5 Å². The number of fused-ring (bicyclic) bond motifs is 4. The zero-order chi connectivity index (χ0) is 31.9. The number of amides is 4. The summed E-state index contributed by atoms with van der Waals surface area (Å²) in [5.41, 5.74) is 1.35. The van der Waals surface area contributed by atoms with Crippen molar-refractivity contribution in [1.82, 2.24) is 14.8 Å². The largest absolute Gasteiger partial charge is 0.493 e. The van der Waals surface area contributed by atoms with E-state index in [1.54, 1.807) is 36.4 Å². The van der Waals surface area contributed by atoms with E-state index in [0.717, 1.165) is 29.0 Å². The number of aryl methyl sites for hydroxylation is 1. The third-order valence-corrected chi connectivity index (χ3v) is 9.35.